The highest BCUT2D eigenvalue weighted by Gasteiger charge is 2.10. The Morgan fingerprint density at radius 2 is 1.94 bits per heavy atom. The summed E-state index contributed by atoms with van der Waals surface area (Å²) < 4.78 is 10.9. The molecule has 0 amide bonds. The van der Waals surface area contributed by atoms with Crippen LogP contribution in [0.1, 0.15) is 27.7 Å². The van der Waals surface area contributed by atoms with Crippen molar-refractivity contribution in [2.45, 2.75) is 39.9 Å². The van der Waals surface area contributed by atoms with Crippen LogP contribution >= 0.6 is 0 Å². The van der Waals surface area contributed by atoms with E-state index in [4.69, 9.17) is 15.2 Å². The minimum Gasteiger partial charge on any atom is -0.473 e. The quantitative estimate of drug-likeness (QED) is 0.720. The molecular weight excluding hydrogens is 232 g/mol. The largest absolute Gasteiger partial charge is 0.473 e. The molecule has 0 saturated heterocycles. The Balaban J connectivity index is 2.55. The first-order valence-corrected chi connectivity index (χ1v) is 6.13. The molecule has 0 saturated carbocycles. The fraction of sp³-hybridized carbons (Fsp3) is 0.667. The van der Waals surface area contributed by atoms with Crippen LogP contribution in [0.15, 0.2) is 6.33 Å². The second-order valence-corrected chi connectivity index (χ2v) is 4.45. The van der Waals surface area contributed by atoms with Gasteiger partial charge >= 0.3 is 0 Å². The Hall–Kier alpha value is -1.56. The van der Waals surface area contributed by atoms with Crippen LogP contribution in [0.5, 0.6) is 5.88 Å². The van der Waals surface area contributed by atoms with E-state index in [2.05, 4.69) is 15.3 Å². The summed E-state index contributed by atoms with van der Waals surface area (Å²) in [6.45, 7) is 9.07. The number of hydrogen-bond donors (Lipinski definition) is 2. The van der Waals surface area contributed by atoms with E-state index in [1.807, 2.05) is 27.7 Å². The molecule has 1 heterocycles. The van der Waals surface area contributed by atoms with E-state index >= 15 is 0 Å². The lowest BCUT2D eigenvalue weighted by Crippen LogP contribution is -2.16. The zero-order valence-electron chi connectivity index (χ0n) is 11.4. The first kappa shape index (κ1) is 14.5. The summed E-state index contributed by atoms with van der Waals surface area (Å²) in [6, 6.07) is 0. The van der Waals surface area contributed by atoms with E-state index in [9.17, 15) is 0 Å². The topological polar surface area (TPSA) is 82.3 Å². The van der Waals surface area contributed by atoms with Crippen LogP contribution in [0, 0.1) is 0 Å². The second-order valence-electron chi connectivity index (χ2n) is 4.45. The van der Waals surface area contributed by atoms with E-state index in [1.165, 1.54) is 6.33 Å². The van der Waals surface area contributed by atoms with Gasteiger partial charge in [0.15, 0.2) is 5.82 Å². The molecule has 6 nitrogen and oxygen atoms in total. The van der Waals surface area contributed by atoms with Crippen molar-refractivity contribution >= 4 is 11.5 Å². The number of anilines is 2. The van der Waals surface area contributed by atoms with Crippen LogP contribution in [0.25, 0.3) is 0 Å². The molecule has 0 aromatic carbocycles. The summed E-state index contributed by atoms with van der Waals surface area (Å²) in [5.74, 6) is 0.986. The van der Waals surface area contributed by atoms with Crippen molar-refractivity contribution in [2.24, 2.45) is 0 Å². The third-order valence-corrected chi connectivity index (χ3v) is 2.04. The van der Waals surface area contributed by atoms with Crippen LogP contribution in [0.4, 0.5) is 11.5 Å². The molecule has 1 rings (SSSR count). The average Bonchev–Trinajstić information content (AvgIpc) is 2.28. The summed E-state index contributed by atoms with van der Waals surface area (Å²) in [5.41, 5.74) is 6.35. The smallest absolute Gasteiger partial charge is 0.242 e. The van der Waals surface area contributed by atoms with Gasteiger partial charge in [-0.15, -0.1) is 0 Å². The number of ether oxygens (including phenoxy) is 2. The maximum Gasteiger partial charge on any atom is 0.242 e. The predicted octanol–water partition coefficient (Wildman–Crippen LogP) is 1.68. The zero-order chi connectivity index (χ0) is 13.5. The van der Waals surface area contributed by atoms with Crippen LogP contribution in [-0.4, -0.2) is 35.3 Å². The Bertz CT molecular complexity index is 369. The fourth-order valence-electron chi connectivity index (χ4n) is 1.30. The molecular formula is C12H22N4O2. The fourth-order valence-corrected chi connectivity index (χ4v) is 1.30. The molecule has 1 aromatic rings. The molecule has 3 N–H and O–H groups in total. The van der Waals surface area contributed by atoms with Crippen molar-refractivity contribution in [3.05, 3.63) is 6.33 Å². The highest BCUT2D eigenvalue weighted by molar-refractivity contribution is 5.66. The van der Waals surface area contributed by atoms with Gasteiger partial charge in [0.2, 0.25) is 5.88 Å². The summed E-state index contributed by atoms with van der Waals surface area (Å²) in [6.07, 6.45) is 1.67. The van der Waals surface area contributed by atoms with Gasteiger partial charge in [0.05, 0.1) is 18.8 Å². The van der Waals surface area contributed by atoms with Gasteiger partial charge in [-0.1, -0.05) is 0 Å². The number of aromatic nitrogens is 2. The molecule has 102 valence electrons. The van der Waals surface area contributed by atoms with Gasteiger partial charge in [-0.25, -0.2) is 4.98 Å². The molecule has 6 heteroatoms. The highest BCUT2D eigenvalue weighted by Crippen LogP contribution is 2.24. The Morgan fingerprint density at radius 3 is 2.56 bits per heavy atom. The SMILES string of the molecule is CC(C)OCCNc1ncnc(OC(C)C)c1N. The van der Waals surface area contributed by atoms with E-state index in [0.717, 1.165) is 0 Å². The van der Waals surface area contributed by atoms with E-state index < -0.39 is 0 Å². The first-order chi connectivity index (χ1) is 8.50. The molecule has 0 spiro atoms. The third-order valence-electron chi connectivity index (χ3n) is 2.04. The van der Waals surface area contributed by atoms with Gasteiger partial charge in [0, 0.05) is 6.54 Å². The van der Waals surface area contributed by atoms with Crippen molar-refractivity contribution in [1.29, 1.82) is 0 Å². The molecule has 0 bridgehead atoms. The van der Waals surface area contributed by atoms with Crippen LogP contribution < -0.4 is 15.8 Å². The molecule has 0 unspecified atom stereocenters. The summed E-state index contributed by atoms with van der Waals surface area (Å²) >= 11 is 0. The van der Waals surface area contributed by atoms with E-state index in [-0.39, 0.29) is 12.2 Å². The minimum atomic E-state index is 0.0272. The lowest BCUT2D eigenvalue weighted by molar-refractivity contribution is 0.0870. The molecule has 0 atom stereocenters. The summed E-state index contributed by atoms with van der Waals surface area (Å²) in [7, 11) is 0. The van der Waals surface area contributed by atoms with Crippen molar-refractivity contribution in [2.75, 3.05) is 24.2 Å². The van der Waals surface area contributed by atoms with E-state index in [0.29, 0.717) is 30.5 Å². The summed E-state index contributed by atoms with van der Waals surface area (Å²) in [5, 5.41) is 3.10. The highest BCUT2D eigenvalue weighted by atomic mass is 16.5. The van der Waals surface area contributed by atoms with Crippen LogP contribution in [-0.2, 0) is 4.74 Å². The Labute approximate surface area is 108 Å². The van der Waals surface area contributed by atoms with E-state index in [1.54, 1.807) is 0 Å². The van der Waals surface area contributed by atoms with Gasteiger partial charge in [0.25, 0.3) is 0 Å². The number of rotatable bonds is 7. The monoisotopic (exact) mass is 254 g/mol. The molecule has 0 aliphatic rings. The first-order valence-electron chi connectivity index (χ1n) is 6.13. The number of nitrogen functional groups attached to an aromatic ring is 1. The molecule has 0 aliphatic heterocycles. The Morgan fingerprint density at radius 1 is 1.22 bits per heavy atom. The molecule has 0 aliphatic carbocycles. The van der Waals surface area contributed by atoms with Crippen LogP contribution in [0.2, 0.25) is 0 Å². The van der Waals surface area contributed by atoms with Gasteiger partial charge in [0.1, 0.15) is 12.0 Å². The maximum absolute atomic E-state index is 5.92. The summed E-state index contributed by atoms with van der Waals surface area (Å²) in [4.78, 5) is 8.09. The number of nitrogens with zero attached hydrogens (tertiary/aromatic N) is 2. The van der Waals surface area contributed by atoms with Crippen molar-refractivity contribution < 1.29 is 9.47 Å². The predicted molar refractivity (Wildman–Crippen MR) is 71.8 cm³/mol. The van der Waals surface area contributed by atoms with Gasteiger partial charge in [-0.05, 0) is 27.7 Å². The molecule has 0 radical (unpaired) electrons. The van der Waals surface area contributed by atoms with Crippen molar-refractivity contribution in [3.8, 4) is 5.88 Å². The van der Waals surface area contributed by atoms with Crippen molar-refractivity contribution in [3.63, 3.8) is 0 Å². The standard InChI is InChI=1S/C12H22N4O2/c1-8(2)17-6-5-14-11-10(13)12(16-7-15-11)18-9(3)4/h7-9H,5-6,13H2,1-4H3,(H,14,15,16). The van der Waals surface area contributed by atoms with Gasteiger partial charge in [-0.3, -0.25) is 0 Å². The van der Waals surface area contributed by atoms with Gasteiger partial charge in [-0.2, -0.15) is 4.98 Å². The number of hydrogen-bond acceptors (Lipinski definition) is 6. The minimum absolute atomic E-state index is 0.0272. The normalized spacial score (nSPS) is 11.0. The second kappa shape index (κ2) is 7.00. The lowest BCUT2D eigenvalue weighted by Gasteiger charge is -2.14. The molecule has 0 fully saturated rings. The molecule has 1 aromatic heterocycles. The van der Waals surface area contributed by atoms with Crippen molar-refractivity contribution in [1.82, 2.24) is 9.97 Å². The number of nitrogens with two attached hydrogens (primary N) is 1. The van der Waals surface area contributed by atoms with Crippen LogP contribution in [0.3, 0.4) is 0 Å². The Kier molecular flexibility index (Phi) is 5.64. The number of nitrogens with one attached hydrogen (secondary N) is 1. The lowest BCUT2D eigenvalue weighted by atomic mass is 10.4. The third kappa shape index (κ3) is 4.75. The maximum atomic E-state index is 5.92. The molecule has 18 heavy (non-hydrogen) atoms. The zero-order valence-corrected chi connectivity index (χ0v) is 11.4. The average molecular weight is 254 g/mol. The van der Waals surface area contributed by atoms with Gasteiger partial charge < -0.3 is 20.5 Å².